The molecule has 1 aromatic carbocycles. The maximum atomic E-state index is 12.4. The summed E-state index contributed by atoms with van der Waals surface area (Å²) in [7, 11) is 0. The Morgan fingerprint density at radius 3 is 2.63 bits per heavy atom. The molecule has 0 saturated carbocycles. The van der Waals surface area contributed by atoms with Crippen LogP contribution in [-0.2, 0) is 0 Å². The summed E-state index contributed by atoms with van der Waals surface area (Å²) in [5.41, 5.74) is 0.413. The van der Waals surface area contributed by atoms with Gasteiger partial charge in [0.25, 0.3) is 5.91 Å². The third-order valence-electron chi connectivity index (χ3n) is 3.39. The Kier molecular flexibility index (Phi) is 5.04. The smallest absolute Gasteiger partial charge is 0.257 e. The molecule has 1 aliphatic rings. The maximum absolute atomic E-state index is 12.4. The summed E-state index contributed by atoms with van der Waals surface area (Å²) >= 11 is 2.15. The number of hydrogen-bond donors (Lipinski definition) is 1. The number of phenolic OH excluding ortho intramolecular Hbond substituents is 1. The Hall–Kier alpha value is -0.820. The van der Waals surface area contributed by atoms with E-state index in [-0.39, 0.29) is 11.7 Å². The molecule has 4 nitrogen and oxygen atoms in total. The zero-order chi connectivity index (χ0) is 13.8. The highest BCUT2D eigenvalue weighted by atomic mass is 127. The van der Waals surface area contributed by atoms with Crippen LogP contribution < -0.4 is 0 Å². The van der Waals surface area contributed by atoms with Crippen LogP contribution in [0.2, 0.25) is 0 Å². The van der Waals surface area contributed by atoms with Crippen LogP contribution in [0, 0.1) is 3.57 Å². The second-order valence-electron chi connectivity index (χ2n) is 4.80. The van der Waals surface area contributed by atoms with E-state index >= 15 is 0 Å². The molecule has 2 rings (SSSR count). The molecule has 1 N–H and O–H groups in total. The molecule has 0 radical (unpaired) electrons. The predicted molar refractivity (Wildman–Crippen MR) is 83.5 cm³/mol. The summed E-state index contributed by atoms with van der Waals surface area (Å²) < 4.78 is 0.961. The van der Waals surface area contributed by atoms with Crippen molar-refractivity contribution in [2.45, 2.75) is 13.3 Å². The largest absolute Gasteiger partial charge is 0.507 e. The van der Waals surface area contributed by atoms with Gasteiger partial charge in [-0.2, -0.15) is 0 Å². The van der Waals surface area contributed by atoms with E-state index in [0.717, 1.165) is 42.7 Å². The molecule has 0 bridgehead atoms. The van der Waals surface area contributed by atoms with Gasteiger partial charge in [0, 0.05) is 29.7 Å². The second kappa shape index (κ2) is 6.56. The average Bonchev–Trinajstić information content (AvgIpc) is 2.42. The van der Waals surface area contributed by atoms with Gasteiger partial charge in [0.05, 0.1) is 5.56 Å². The lowest BCUT2D eigenvalue weighted by atomic mass is 10.1. The van der Waals surface area contributed by atoms with Crippen molar-refractivity contribution in [3.63, 3.8) is 0 Å². The van der Waals surface area contributed by atoms with Gasteiger partial charge in [-0.3, -0.25) is 9.69 Å². The zero-order valence-corrected chi connectivity index (χ0v) is 13.3. The lowest BCUT2D eigenvalue weighted by Gasteiger charge is -2.34. The minimum atomic E-state index is -0.0628. The fraction of sp³-hybridized carbons (Fsp3) is 0.500. The molecule has 0 spiro atoms. The maximum Gasteiger partial charge on any atom is 0.257 e. The number of hydrogen-bond acceptors (Lipinski definition) is 3. The molecule has 0 unspecified atom stereocenters. The fourth-order valence-corrected chi connectivity index (χ4v) is 2.83. The molecule has 0 aromatic heterocycles. The van der Waals surface area contributed by atoms with E-state index < -0.39 is 0 Å². The number of carbonyl (C=O) groups is 1. The standard InChI is InChI=1S/C14H19IN2O2/c1-2-5-16-6-8-17(9-7-16)14(19)12-10-11(15)3-4-13(12)18/h3-4,10,18H,2,5-9H2,1H3. The van der Waals surface area contributed by atoms with Crippen LogP contribution >= 0.6 is 22.6 Å². The Balaban J connectivity index is 2.03. The number of aromatic hydroxyl groups is 1. The van der Waals surface area contributed by atoms with Gasteiger partial charge in [-0.05, 0) is 53.8 Å². The summed E-state index contributed by atoms with van der Waals surface area (Å²) in [5, 5.41) is 9.81. The van der Waals surface area contributed by atoms with Gasteiger partial charge in [-0.15, -0.1) is 0 Å². The van der Waals surface area contributed by atoms with Crippen molar-refractivity contribution in [2.75, 3.05) is 32.7 Å². The summed E-state index contributed by atoms with van der Waals surface area (Å²) in [4.78, 5) is 16.6. The topological polar surface area (TPSA) is 43.8 Å². The molecule has 19 heavy (non-hydrogen) atoms. The Labute approximate surface area is 127 Å². The quantitative estimate of drug-likeness (QED) is 0.825. The van der Waals surface area contributed by atoms with Crippen LogP contribution in [0.25, 0.3) is 0 Å². The van der Waals surface area contributed by atoms with Gasteiger partial charge in [0.2, 0.25) is 0 Å². The number of nitrogens with zero attached hydrogens (tertiary/aromatic N) is 2. The molecule has 1 aliphatic heterocycles. The van der Waals surface area contributed by atoms with E-state index in [2.05, 4.69) is 34.4 Å². The van der Waals surface area contributed by atoms with Gasteiger partial charge < -0.3 is 10.0 Å². The third-order valence-corrected chi connectivity index (χ3v) is 4.06. The van der Waals surface area contributed by atoms with Gasteiger partial charge in [-0.1, -0.05) is 6.92 Å². The third kappa shape index (κ3) is 3.60. The van der Waals surface area contributed by atoms with Crippen molar-refractivity contribution in [1.82, 2.24) is 9.80 Å². The number of rotatable bonds is 3. The highest BCUT2D eigenvalue weighted by Gasteiger charge is 2.23. The number of halogens is 1. The number of amides is 1. The van der Waals surface area contributed by atoms with Crippen molar-refractivity contribution in [1.29, 1.82) is 0 Å². The number of carbonyl (C=O) groups excluding carboxylic acids is 1. The highest BCUT2D eigenvalue weighted by Crippen LogP contribution is 2.22. The van der Waals surface area contributed by atoms with E-state index in [1.807, 2.05) is 4.90 Å². The van der Waals surface area contributed by atoms with Crippen LogP contribution in [0.5, 0.6) is 5.75 Å². The van der Waals surface area contributed by atoms with Gasteiger partial charge in [0.1, 0.15) is 5.75 Å². The number of piperazine rings is 1. The summed E-state index contributed by atoms with van der Waals surface area (Å²) in [6.07, 6.45) is 1.14. The first-order chi connectivity index (χ1) is 9.11. The number of benzene rings is 1. The minimum Gasteiger partial charge on any atom is -0.507 e. The molecule has 5 heteroatoms. The molecule has 1 heterocycles. The van der Waals surface area contributed by atoms with E-state index in [1.165, 1.54) is 0 Å². The predicted octanol–water partition coefficient (Wildman–Crippen LogP) is 2.16. The van der Waals surface area contributed by atoms with E-state index in [9.17, 15) is 9.90 Å². The lowest BCUT2D eigenvalue weighted by Crippen LogP contribution is -2.48. The zero-order valence-electron chi connectivity index (χ0n) is 11.1. The van der Waals surface area contributed by atoms with E-state index in [4.69, 9.17) is 0 Å². The summed E-state index contributed by atoms with van der Waals surface area (Å²) in [5.74, 6) is 0.00793. The molecule has 1 aromatic rings. The van der Waals surface area contributed by atoms with Crippen LogP contribution in [0.4, 0.5) is 0 Å². The Morgan fingerprint density at radius 2 is 2.00 bits per heavy atom. The van der Waals surface area contributed by atoms with Crippen molar-refractivity contribution in [3.8, 4) is 5.75 Å². The van der Waals surface area contributed by atoms with Gasteiger partial charge in [-0.25, -0.2) is 0 Å². The summed E-state index contributed by atoms with van der Waals surface area (Å²) in [6.45, 7) is 6.58. The van der Waals surface area contributed by atoms with Gasteiger partial charge >= 0.3 is 0 Å². The fourth-order valence-electron chi connectivity index (χ4n) is 2.34. The first-order valence-corrected chi connectivity index (χ1v) is 7.70. The molecular formula is C14H19IN2O2. The van der Waals surface area contributed by atoms with E-state index in [1.54, 1.807) is 18.2 Å². The molecule has 1 saturated heterocycles. The van der Waals surface area contributed by atoms with E-state index in [0.29, 0.717) is 5.56 Å². The molecule has 104 valence electrons. The average molecular weight is 374 g/mol. The molecule has 1 amide bonds. The van der Waals surface area contributed by atoms with Gasteiger partial charge in [0.15, 0.2) is 0 Å². The number of phenols is 1. The molecule has 0 aliphatic carbocycles. The Morgan fingerprint density at radius 1 is 1.32 bits per heavy atom. The van der Waals surface area contributed by atoms with Crippen LogP contribution in [-0.4, -0.2) is 53.5 Å². The SMILES string of the molecule is CCCN1CCN(C(=O)c2cc(I)ccc2O)CC1. The molecule has 0 atom stereocenters. The lowest BCUT2D eigenvalue weighted by molar-refractivity contribution is 0.0634. The molecular weight excluding hydrogens is 355 g/mol. The monoisotopic (exact) mass is 374 g/mol. The first-order valence-electron chi connectivity index (χ1n) is 6.62. The summed E-state index contributed by atoms with van der Waals surface area (Å²) in [6, 6.07) is 5.13. The van der Waals surface area contributed by atoms with Crippen LogP contribution in [0.1, 0.15) is 23.7 Å². The van der Waals surface area contributed by atoms with Crippen molar-refractivity contribution >= 4 is 28.5 Å². The van der Waals surface area contributed by atoms with Crippen molar-refractivity contribution in [2.24, 2.45) is 0 Å². The van der Waals surface area contributed by atoms with Crippen LogP contribution in [0.3, 0.4) is 0 Å². The van der Waals surface area contributed by atoms with Crippen LogP contribution in [0.15, 0.2) is 18.2 Å². The normalized spacial score (nSPS) is 16.6. The first kappa shape index (κ1) is 14.6. The Bertz CT molecular complexity index is 457. The second-order valence-corrected chi connectivity index (χ2v) is 6.04. The highest BCUT2D eigenvalue weighted by molar-refractivity contribution is 14.1. The van der Waals surface area contributed by atoms with Crippen molar-refractivity contribution < 1.29 is 9.90 Å². The minimum absolute atomic E-state index is 0.0628. The van der Waals surface area contributed by atoms with Crippen molar-refractivity contribution in [3.05, 3.63) is 27.3 Å². The molecule has 1 fully saturated rings.